The molecule has 0 spiro atoms. The van der Waals surface area contributed by atoms with Gasteiger partial charge in [0.2, 0.25) is 0 Å². The van der Waals surface area contributed by atoms with Gasteiger partial charge in [0.05, 0.1) is 0 Å². The normalized spacial score (nSPS) is 10.9. The third-order valence-corrected chi connectivity index (χ3v) is 4.16. The average molecular weight is 370 g/mol. The number of nitro benzene ring substituents is 2. The fourth-order valence-corrected chi connectivity index (χ4v) is 2.68. The first-order valence-electron chi connectivity index (χ1n) is 6.27. The third kappa shape index (κ3) is 4.14. The topological polar surface area (TPSA) is 113 Å². The maximum absolute atomic E-state index is 11.9. The molecule has 0 saturated carbocycles. The van der Waals surface area contributed by atoms with Crippen LogP contribution >= 0.6 is 0 Å². The number of nitrogens with zero attached hydrogens (tertiary/aromatic N) is 2. The van der Waals surface area contributed by atoms with E-state index in [2.05, 4.69) is 0 Å². The zero-order valence-electron chi connectivity index (χ0n) is 12.3. The van der Waals surface area contributed by atoms with Crippen molar-refractivity contribution < 1.29 is 19.4 Å². The second-order valence-electron chi connectivity index (χ2n) is 4.41. The molecule has 0 aliphatic rings. The number of carbonyl (C=O) groups is 1. The van der Waals surface area contributed by atoms with Crippen LogP contribution in [0.15, 0.2) is 17.0 Å². The van der Waals surface area contributed by atoms with Crippen LogP contribution in [0.2, 0.25) is 11.4 Å². The zero-order valence-corrected chi connectivity index (χ0v) is 14.2. The molecule has 0 N–H and O–H groups in total. The average Bonchev–Trinajstić information content (AvgIpc) is 2.43. The SMILES string of the molecule is CCOC(=O)c1c([N+](=O)[O-])ccc(C=C[As](C)C)c1[N+](=O)[O-]. The summed E-state index contributed by atoms with van der Waals surface area (Å²) in [5.41, 5.74) is 2.34. The van der Waals surface area contributed by atoms with Crippen LogP contribution in [0.1, 0.15) is 22.8 Å². The van der Waals surface area contributed by atoms with Crippen LogP contribution in [0.3, 0.4) is 0 Å². The van der Waals surface area contributed by atoms with Gasteiger partial charge in [-0.25, -0.2) is 0 Å². The molecule has 0 bridgehead atoms. The van der Waals surface area contributed by atoms with E-state index in [1.165, 1.54) is 19.1 Å². The fourth-order valence-electron chi connectivity index (χ4n) is 1.71. The van der Waals surface area contributed by atoms with E-state index in [9.17, 15) is 25.0 Å². The summed E-state index contributed by atoms with van der Waals surface area (Å²) >= 11 is -1.19. The van der Waals surface area contributed by atoms with E-state index in [0.717, 1.165) is 6.07 Å². The number of hydrogen-bond donors (Lipinski definition) is 0. The maximum atomic E-state index is 11.9. The van der Waals surface area contributed by atoms with Crippen molar-refractivity contribution in [3.8, 4) is 0 Å². The Labute approximate surface area is 131 Å². The molecule has 0 radical (unpaired) electrons. The van der Waals surface area contributed by atoms with E-state index >= 15 is 0 Å². The summed E-state index contributed by atoms with van der Waals surface area (Å²) in [6.45, 7) is 1.48. The minimum atomic E-state index is -1.19. The quantitative estimate of drug-likeness (QED) is 0.329. The molecule has 1 rings (SSSR count). The number of benzene rings is 1. The molecule has 0 unspecified atom stereocenters. The van der Waals surface area contributed by atoms with Crippen molar-refractivity contribution in [1.29, 1.82) is 0 Å². The standard InChI is InChI=1S/C13H15AsN2O6/c1-4-22-13(17)11-10(15(18)19)6-5-9(7-8-14(2)3)12(11)16(20)21/h5-8H,4H2,1-3H3. The molecule has 1 aromatic rings. The Hall–Kier alpha value is -2.21. The molecule has 118 valence electrons. The van der Waals surface area contributed by atoms with Gasteiger partial charge in [-0.15, -0.1) is 0 Å². The number of esters is 1. The van der Waals surface area contributed by atoms with Gasteiger partial charge in [-0.3, -0.25) is 0 Å². The van der Waals surface area contributed by atoms with Crippen molar-refractivity contribution >= 4 is 38.1 Å². The first-order valence-corrected chi connectivity index (χ1v) is 11.1. The second kappa shape index (κ2) is 7.70. The molecular weight excluding hydrogens is 355 g/mol. The van der Waals surface area contributed by atoms with Crippen LogP contribution < -0.4 is 0 Å². The van der Waals surface area contributed by atoms with Gasteiger partial charge in [0.25, 0.3) is 0 Å². The molecule has 0 amide bonds. The summed E-state index contributed by atoms with van der Waals surface area (Å²) in [6.07, 6.45) is 1.53. The summed E-state index contributed by atoms with van der Waals surface area (Å²) in [4.78, 5) is 34.5. The molecule has 8 nitrogen and oxygen atoms in total. The Kier molecular flexibility index (Phi) is 6.24. The number of ether oxygens (including phenoxy) is 1. The molecule has 0 heterocycles. The molecule has 0 aromatic heterocycles. The predicted molar refractivity (Wildman–Crippen MR) is 82.2 cm³/mol. The summed E-state index contributed by atoms with van der Waals surface area (Å²) in [5, 5.41) is 22.4. The van der Waals surface area contributed by atoms with Gasteiger partial charge in [-0.05, 0) is 0 Å². The van der Waals surface area contributed by atoms with Gasteiger partial charge >= 0.3 is 131 Å². The van der Waals surface area contributed by atoms with Crippen molar-refractivity contribution in [3.05, 3.63) is 48.4 Å². The van der Waals surface area contributed by atoms with Gasteiger partial charge in [0.15, 0.2) is 0 Å². The monoisotopic (exact) mass is 370 g/mol. The van der Waals surface area contributed by atoms with Crippen molar-refractivity contribution in [1.82, 2.24) is 0 Å². The third-order valence-electron chi connectivity index (χ3n) is 2.60. The van der Waals surface area contributed by atoms with Gasteiger partial charge in [-0.2, -0.15) is 0 Å². The molecule has 0 aliphatic heterocycles. The molecular formula is C13H15AsN2O6. The second-order valence-corrected chi connectivity index (χ2v) is 9.08. The fraction of sp³-hybridized carbons (Fsp3) is 0.308. The first-order chi connectivity index (χ1) is 10.3. The van der Waals surface area contributed by atoms with E-state index in [0.29, 0.717) is 0 Å². The number of hydrogen-bond acceptors (Lipinski definition) is 6. The summed E-state index contributed by atoms with van der Waals surface area (Å²) in [7, 11) is 0. The zero-order chi connectivity index (χ0) is 16.9. The van der Waals surface area contributed by atoms with Crippen LogP contribution in [-0.2, 0) is 4.74 Å². The van der Waals surface area contributed by atoms with Crippen LogP contribution in [0.5, 0.6) is 0 Å². The Morgan fingerprint density at radius 1 is 1.27 bits per heavy atom. The van der Waals surface area contributed by atoms with Crippen molar-refractivity contribution in [2.75, 3.05) is 6.61 Å². The van der Waals surface area contributed by atoms with E-state index in [1.807, 2.05) is 16.3 Å². The number of carbonyl (C=O) groups excluding carboxylic acids is 1. The summed E-state index contributed by atoms with van der Waals surface area (Å²) in [5.74, 6) is -1.07. The predicted octanol–water partition coefficient (Wildman–Crippen LogP) is 2.99. The minimum absolute atomic E-state index is 0.0353. The molecule has 0 saturated heterocycles. The Balaban J connectivity index is 3.64. The van der Waals surface area contributed by atoms with E-state index in [4.69, 9.17) is 4.74 Å². The van der Waals surface area contributed by atoms with Crippen LogP contribution in [0, 0.1) is 20.2 Å². The van der Waals surface area contributed by atoms with Gasteiger partial charge < -0.3 is 0 Å². The van der Waals surface area contributed by atoms with Gasteiger partial charge in [-0.1, -0.05) is 0 Å². The molecule has 9 heteroatoms. The number of rotatable bonds is 6. The Bertz CT molecular complexity index is 642. The van der Waals surface area contributed by atoms with Crippen LogP contribution in [0.4, 0.5) is 11.4 Å². The van der Waals surface area contributed by atoms with Crippen molar-refractivity contribution in [2.24, 2.45) is 0 Å². The van der Waals surface area contributed by atoms with E-state index in [-0.39, 0.29) is 12.2 Å². The van der Waals surface area contributed by atoms with E-state index < -0.39 is 47.4 Å². The molecule has 1 aromatic carbocycles. The van der Waals surface area contributed by atoms with Crippen LogP contribution in [0.25, 0.3) is 6.08 Å². The van der Waals surface area contributed by atoms with Crippen molar-refractivity contribution in [2.45, 2.75) is 18.3 Å². The van der Waals surface area contributed by atoms with Crippen molar-refractivity contribution in [3.63, 3.8) is 0 Å². The molecule has 0 fully saturated rings. The Morgan fingerprint density at radius 3 is 2.36 bits per heavy atom. The molecule has 0 atom stereocenters. The van der Waals surface area contributed by atoms with Gasteiger partial charge in [0.1, 0.15) is 0 Å². The first kappa shape index (κ1) is 17.8. The Morgan fingerprint density at radius 2 is 1.91 bits per heavy atom. The summed E-state index contributed by atoms with van der Waals surface area (Å²) in [6, 6.07) is 2.36. The molecule has 0 aliphatic carbocycles. The van der Waals surface area contributed by atoms with Crippen LogP contribution in [-0.4, -0.2) is 37.1 Å². The summed E-state index contributed by atoms with van der Waals surface area (Å²) < 4.78 is 4.73. The van der Waals surface area contributed by atoms with E-state index in [1.54, 1.807) is 0 Å². The number of nitro groups is 2. The van der Waals surface area contributed by atoms with Gasteiger partial charge in [0, 0.05) is 0 Å². The molecule has 22 heavy (non-hydrogen) atoms.